The molecule has 1 aromatic carbocycles. The van der Waals surface area contributed by atoms with Crippen LogP contribution in [0.4, 0.5) is 0 Å². The number of rotatable bonds is 7. The van der Waals surface area contributed by atoms with Crippen molar-refractivity contribution in [2.45, 2.75) is 52.6 Å². The Morgan fingerprint density at radius 2 is 1.95 bits per heavy atom. The van der Waals surface area contributed by atoms with Crippen LogP contribution in [-0.2, 0) is 6.54 Å². The molecule has 0 saturated heterocycles. The number of nitrogens with one attached hydrogen (secondary N) is 1. The summed E-state index contributed by atoms with van der Waals surface area (Å²) < 4.78 is 11.3. The molecule has 0 saturated carbocycles. The van der Waals surface area contributed by atoms with Crippen molar-refractivity contribution in [2.24, 2.45) is 0 Å². The van der Waals surface area contributed by atoms with Gasteiger partial charge in [-0.05, 0) is 33.3 Å². The molecule has 0 spiro atoms. The Bertz CT molecular complexity index is 427. The van der Waals surface area contributed by atoms with Gasteiger partial charge in [0.2, 0.25) is 0 Å². The Balaban J connectivity index is 2.95. The summed E-state index contributed by atoms with van der Waals surface area (Å²) in [7, 11) is 1.64. The van der Waals surface area contributed by atoms with Crippen molar-refractivity contribution in [3.63, 3.8) is 0 Å². The van der Waals surface area contributed by atoms with Crippen molar-refractivity contribution < 1.29 is 9.47 Å². The molecule has 0 bridgehead atoms. The van der Waals surface area contributed by atoms with Gasteiger partial charge in [-0.2, -0.15) is 0 Å². The van der Waals surface area contributed by atoms with Gasteiger partial charge in [-0.1, -0.05) is 24.9 Å². The van der Waals surface area contributed by atoms with Crippen LogP contribution in [0.5, 0.6) is 11.5 Å². The van der Waals surface area contributed by atoms with Gasteiger partial charge in [0.25, 0.3) is 0 Å². The van der Waals surface area contributed by atoms with Gasteiger partial charge in [0, 0.05) is 28.7 Å². The SMILES string of the molecule is CCCCOc1c(CNC(C)(C)C)cc(Cl)cc1OC. The fraction of sp³-hybridized carbons (Fsp3) is 0.625. The molecule has 0 heterocycles. The molecule has 114 valence electrons. The maximum Gasteiger partial charge on any atom is 0.165 e. The zero-order chi connectivity index (χ0) is 15.2. The van der Waals surface area contributed by atoms with Gasteiger partial charge in [0.1, 0.15) is 0 Å². The van der Waals surface area contributed by atoms with Crippen LogP contribution in [0.25, 0.3) is 0 Å². The number of halogens is 1. The van der Waals surface area contributed by atoms with Gasteiger partial charge in [0.05, 0.1) is 13.7 Å². The molecule has 1 N–H and O–H groups in total. The van der Waals surface area contributed by atoms with Gasteiger partial charge in [-0.3, -0.25) is 0 Å². The zero-order valence-corrected chi connectivity index (χ0v) is 13.9. The first-order valence-electron chi connectivity index (χ1n) is 7.11. The number of unbranched alkanes of at least 4 members (excludes halogenated alkanes) is 1. The molecule has 0 amide bonds. The molecular weight excluding hydrogens is 274 g/mol. The molecule has 4 heteroatoms. The van der Waals surface area contributed by atoms with Crippen LogP contribution in [0.2, 0.25) is 5.02 Å². The van der Waals surface area contributed by atoms with Crippen LogP contribution in [0, 0.1) is 0 Å². The molecule has 0 radical (unpaired) electrons. The standard InChI is InChI=1S/C16H26ClNO2/c1-6-7-8-20-15-12(11-18-16(2,3)4)9-13(17)10-14(15)19-5/h9-10,18H,6-8,11H2,1-5H3. The summed E-state index contributed by atoms with van der Waals surface area (Å²) in [5.41, 5.74) is 1.07. The van der Waals surface area contributed by atoms with E-state index in [1.165, 1.54) is 0 Å². The van der Waals surface area contributed by atoms with E-state index in [1.807, 2.05) is 6.07 Å². The molecule has 1 aromatic rings. The number of methoxy groups -OCH3 is 1. The van der Waals surface area contributed by atoms with Crippen LogP contribution >= 0.6 is 11.6 Å². The highest BCUT2D eigenvalue weighted by Gasteiger charge is 2.15. The van der Waals surface area contributed by atoms with Crippen molar-refractivity contribution >= 4 is 11.6 Å². The van der Waals surface area contributed by atoms with E-state index in [1.54, 1.807) is 13.2 Å². The van der Waals surface area contributed by atoms with E-state index < -0.39 is 0 Å². The van der Waals surface area contributed by atoms with Crippen LogP contribution in [-0.4, -0.2) is 19.3 Å². The predicted octanol–water partition coefficient (Wildman–Crippen LogP) is 4.42. The summed E-state index contributed by atoms with van der Waals surface area (Å²) in [6.07, 6.45) is 2.13. The van der Waals surface area contributed by atoms with E-state index in [0.717, 1.165) is 24.2 Å². The van der Waals surface area contributed by atoms with Gasteiger partial charge in [0.15, 0.2) is 11.5 Å². The Hall–Kier alpha value is -0.930. The van der Waals surface area contributed by atoms with Gasteiger partial charge >= 0.3 is 0 Å². The van der Waals surface area contributed by atoms with E-state index in [-0.39, 0.29) is 5.54 Å². The highest BCUT2D eigenvalue weighted by atomic mass is 35.5. The lowest BCUT2D eigenvalue weighted by molar-refractivity contribution is 0.283. The minimum Gasteiger partial charge on any atom is -0.493 e. The quantitative estimate of drug-likeness (QED) is 0.756. The topological polar surface area (TPSA) is 30.5 Å². The first-order chi connectivity index (χ1) is 9.37. The average molecular weight is 300 g/mol. The van der Waals surface area contributed by atoms with E-state index in [9.17, 15) is 0 Å². The molecule has 0 aliphatic carbocycles. The summed E-state index contributed by atoms with van der Waals surface area (Å²) in [5, 5.41) is 4.12. The Kier molecular flexibility index (Phi) is 6.63. The summed E-state index contributed by atoms with van der Waals surface area (Å²) in [6, 6.07) is 3.73. The molecule has 3 nitrogen and oxygen atoms in total. The second-order valence-electron chi connectivity index (χ2n) is 5.90. The van der Waals surface area contributed by atoms with Crippen molar-refractivity contribution in [3.05, 3.63) is 22.7 Å². The molecule has 0 aliphatic rings. The number of hydrogen-bond donors (Lipinski definition) is 1. The van der Waals surface area contributed by atoms with Crippen LogP contribution < -0.4 is 14.8 Å². The summed E-state index contributed by atoms with van der Waals surface area (Å²) in [4.78, 5) is 0. The fourth-order valence-electron chi connectivity index (χ4n) is 1.75. The monoisotopic (exact) mass is 299 g/mol. The Morgan fingerprint density at radius 1 is 1.25 bits per heavy atom. The van der Waals surface area contributed by atoms with E-state index in [0.29, 0.717) is 23.9 Å². The fourth-order valence-corrected chi connectivity index (χ4v) is 1.98. The zero-order valence-electron chi connectivity index (χ0n) is 13.2. The maximum absolute atomic E-state index is 6.15. The first kappa shape index (κ1) is 17.1. The lowest BCUT2D eigenvalue weighted by Crippen LogP contribution is -2.35. The molecule has 1 rings (SSSR count). The van der Waals surface area contributed by atoms with E-state index in [4.69, 9.17) is 21.1 Å². The van der Waals surface area contributed by atoms with E-state index in [2.05, 4.69) is 33.0 Å². The van der Waals surface area contributed by atoms with Crippen molar-refractivity contribution in [2.75, 3.05) is 13.7 Å². The number of benzene rings is 1. The molecule has 0 aliphatic heterocycles. The molecular formula is C16H26ClNO2. The van der Waals surface area contributed by atoms with E-state index >= 15 is 0 Å². The summed E-state index contributed by atoms with van der Waals surface area (Å²) >= 11 is 6.15. The molecule has 0 atom stereocenters. The average Bonchev–Trinajstić information content (AvgIpc) is 2.37. The molecule has 0 unspecified atom stereocenters. The van der Waals surface area contributed by atoms with Gasteiger partial charge in [-0.15, -0.1) is 0 Å². The largest absolute Gasteiger partial charge is 0.493 e. The first-order valence-corrected chi connectivity index (χ1v) is 7.49. The van der Waals surface area contributed by atoms with Crippen LogP contribution in [0.3, 0.4) is 0 Å². The van der Waals surface area contributed by atoms with Crippen LogP contribution in [0.15, 0.2) is 12.1 Å². The van der Waals surface area contributed by atoms with Gasteiger partial charge < -0.3 is 14.8 Å². The van der Waals surface area contributed by atoms with Gasteiger partial charge in [-0.25, -0.2) is 0 Å². The van der Waals surface area contributed by atoms with Crippen LogP contribution in [0.1, 0.15) is 46.1 Å². The van der Waals surface area contributed by atoms with Crippen molar-refractivity contribution in [1.82, 2.24) is 5.32 Å². The molecule has 0 aromatic heterocycles. The maximum atomic E-state index is 6.15. The molecule has 20 heavy (non-hydrogen) atoms. The number of hydrogen-bond acceptors (Lipinski definition) is 3. The summed E-state index contributed by atoms with van der Waals surface area (Å²) in [6.45, 7) is 9.93. The lowest BCUT2D eigenvalue weighted by Gasteiger charge is -2.22. The lowest BCUT2D eigenvalue weighted by atomic mass is 10.1. The minimum absolute atomic E-state index is 0.0379. The normalized spacial score (nSPS) is 11.5. The predicted molar refractivity (Wildman–Crippen MR) is 85.0 cm³/mol. The Labute approximate surface area is 127 Å². The smallest absolute Gasteiger partial charge is 0.165 e. The highest BCUT2D eigenvalue weighted by Crippen LogP contribution is 2.35. The minimum atomic E-state index is 0.0379. The van der Waals surface area contributed by atoms with Crippen molar-refractivity contribution in [1.29, 1.82) is 0 Å². The second-order valence-corrected chi connectivity index (χ2v) is 6.34. The Morgan fingerprint density at radius 3 is 2.50 bits per heavy atom. The third-order valence-electron chi connectivity index (χ3n) is 2.87. The second kappa shape index (κ2) is 7.75. The molecule has 0 fully saturated rings. The highest BCUT2D eigenvalue weighted by molar-refractivity contribution is 6.30. The van der Waals surface area contributed by atoms with Crippen molar-refractivity contribution in [3.8, 4) is 11.5 Å². The third-order valence-corrected chi connectivity index (χ3v) is 3.09. The number of ether oxygens (including phenoxy) is 2. The summed E-state index contributed by atoms with van der Waals surface area (Å²) in [5.74, 6) is 1.49. The third kappa shape index (κ3) is 5.59.